The highest BCUT2D eigenvalue weighted by molar-refractivity contribution is 5.94. The number of pyridine rings is 1. The molecule has 4 rings (SSSR count). The van der Waals surface area contributed by atoms with Gasteiger partial charge in [0.15, 0.2) is 0 Å². The van der Waals surface area contributed by atoms with Crippen molar-refractivity contribution >= 4 is 5.91 Å². The minimum Gasteiger partial charge on any atom is -0.334 e. The van der Waals surface area contributed by atoms with Gasteiger partial charge < -0.3 is 9.47 Å². The average Bonchev–Trinajstić information content (AvgIpc) is 3.45. The van der Waals surface area contributed by atoms with Crippen molar-refractivity contribution in [1.82, 2.24) is 9.47 Å². The summed E-state index contributed by atoms with van der Waals surface area (Å²) >= 11 is 0. The number of carbonyl (C=O) groups is 1. The summed E-state index contributed by atoms with van der Waals surface area (Å²) in [5, 5.41) is 8.99. The highest BCUT2D eigenvalue weighted by Gasteiger charge is 2.27. The second kappa shape index (κ2) is 5.64. The molecule has 2 heterocycles. The second-order valence-electron chi connectivity index (χ2n) is 6.47. The van der Waals surface area contributed by atoms with E-state index in [2.05, 4.69) is 6.07 Å². The Morgan fingerprint density at radius 2 is 2.04 bits per heavy atom. The molecule has 1 aromatic heterocycles. The third-order valence-electron chi connectivity index (χ3n) is 4.74. The Morgan fingerprint density at radius 1 is 1.21 bits per heavy atom. The number of rotatable bonds is 2. The first-order valence-corrected chi connectivity index (χ1v) is 8.19. The van der Waals surface area contributed by atoms with E-state index in [1.807, 2.05) is 10.8 Å². The van der Waals surface area contributed by atoms with E-state index in [-0.39, 0.29) is 11.5 Å². The summed E-state index contributed by atoms with van der Waals surface area (Å²) in [4.78, 5) is 26.6. The number of nitriles is 1. The van der Waals surface area contributed by atoms with Crippen molar-refractivity contribution in [2.24, 2.45) is 0 Å². The van der Waals surface area contributed by atoms with E-state index in [0.717, 1.165) is 24.0 Å². The predicted molar refractivity (Wildman–Crippen MR) is 88.6 cm³/mol. The van der Waals surface area contributed by atoms with Crippen LogP contribution in [0, 0.1) is 11.3 Å². The lowest BCUT2D eigenvalue weighted by atomic mass is 10.0. The zero-order chi connectivity index (χ0) is 16.7. The third-order valence-corrected chi connectivity index (χ3v) is 4.74. The molecule has 5 nitrogen and oxygen atoms in total. The van der Waals surface area contributed by atoms with Gasteiger partial charge in [0.05, 0.1) is 11.6 Å². The maximum absolute atomic E-state index is 12.7. The Labute approximate surface area is 139 Å². The molecule has 0 N–H and O–H groups in total. The molecule has 0 radical (unpaired) electrons. The van der Waals surface area contributed by atoms with E-state index >= 15 is 0 Å². The van der Waals surface area contributed by atoms with Gasteiger partial charge in [-0.15, -0.1) is 0 Å². The second-order valence-corrected chi connectivity index (χ2v) is 6.47. The molecule has 0 spiro atoms. The maximum atomic E-state index is 12.7. The molecule has 0 atom stereocenters. The third kappa shape index (κ3) is 2.61. The molecule has 120 valence electrons. The number of nitrogens with zero attached hydrogens (tertiary/aromatic N) is 3. The molecule has 1 aliphatic heterocycles. The van der Waals surface area contributed by atoms with Gasteiger partial charge in [-0.2, -0.15) is 5.26 Å². The van der Waals surface area contributed by atoms with Gasteiger partial charge in [-0.1, -0.05) is 6.07 Å². The Kier molecular flexibility index (Phi) is 3.46. The van der Waals surface area contributed by atoms with Crippen LogP contribution < -0.4 is 5.56 Å². The average molecular weight is 319 g/mol. The van der Waals surface area contributed by atoms with Gasteiger partial charge in [-0.05, 0) is 48.6 Å². The van der Waals surface area contributed by atoms with Crippen molar-refractivity contribution in [1.29, 1.82) is 5.26 Å². The largest absolute Gasteiger partial charge is 0.334 e. The SMILES string of the molecule is N#Cc1cccc(C(=O)N2CCc3cc(=O)n(C4CC4)cc3C2)c1. The molecule has 24 heavy (non-hydrogen) atoms. The summed E-state index contributed by atoms with van der Waals surface area (Å²) in [6.07, 6.45) is 4.74. The monoisotopic (exact) mass is 319 g/mol. The number of fused-ring (bicyclic) bond motifs is 1. The van der Waals surface area contributed by atoms with Gasteiger partial charge in [0.2, 0.25) is 0 Å². The van der Waals surface area contributed by atoms with Crippen LogP contribution in [0.15, 0.2) is 41.3 Å². The van der Waals surface area contributed by atoms with Crippen molar-refractivity contribution < 1.29 is 4.79 Å². The normalized spacial score (nSPS) is 16.4. The van der Waals surface area contributed by atoms with Gasteiger partial charge in [-0.25, -0.2) is 0 Å². The lowest BCUT2D eigenvalue weighted by Crippen LogP contribution is -2.37. The number of amides is 1. The summed E-state index contributed by atoms with van der Waals surface area (Å²) < 4.78 is 1.81. The Bertz CT molecular complexity index is 919. The van der Waals surface area contributed by atoms with Gasteiger partial charge in [0.25, 0.3) is 11.5 Å². The summed E-state index contributed by atoms with van der Waals surface area (Å²) in [6.45, 7) is 1.10. The van der Waals surface area contributed by atoms with E-state index < -0.39 is 0 Å². The van der Waals surface area contributed by atoms with Gasteiger partial charge in [-0.3, -0.25) is 9.59 Å². The quantitative estimate of drug-likeness (QED) is 0.853. The van der Waals surface area contributed by atoms with Crippen molar-refractivity contribution in [2.45, 2.75) is 31.8 Å². The first-order chi connectivity index (χ1) is 11.7. The standard InChI is InChI=1S/C19H17N3O2/c20-10-13-2-1-3-15(8-13)19(24)21-7-6-14-9-18(23)22(17-4-5-17)12-16(14)11-21/h1-3,8-9,12,17H,4-7,11H2. The maximum Gasteiger partial charge on any atom is 0.254 e. The topological polar surface area (TPSA) is 66.1 Å². The lowest BCUT2D eigenvalue weighted by molar-refractivity contribution is 0.0734. The minimum atomic E-state index is -0.0677. The van der Waals surface area contributed by atoms with Gasteiger partial charge in [0.1, 0.15) is 0 Å². The molecule has 0 bridgehead atoms. The number of hydrogen-bond donors (Lipinski definition) is 0. The number of hydrogen-bond acceptors (Lipinski definition) is 3. The molecular weight excluding hydrogens is 302 g/mol. The fourth-order valence-corrected chi connectivity index (χ4v) is 3.26. The molecule has 1 fully saturated rings. The molecular formula is C19H17N3O2. The van der Waals surface area contributed by atoms with Gasteiger partial charge >= 0.3 is 0 Å². The lowest BCUT2D eigenvalue weighted by Gasteiger charge is -2.29. The van der Waals surface area contributed by atoms with E-state index in [0.29, 0.717) is 36.7 Å². The fraction of sp³-hybridized carbons (Fsp3) is 0.316. The van der Waals surface area contributed by atoms with Crippen LogP contribution in [0.25, 0.3) is 0 Å². The zero-order valence-electron chi connectivity index (χ0n) is 13.2. The van der Waals surface area contributed by atoms with Crippen molar-refractivity contribution in [3.63, 3.8) is 0 Å². The molecule has 0 saturated heterocycles. The Morgan fingerprint density at radius 3 is 2.79 bits per heavy atom. The van der Waals surface area contributed by atoms with E-state index in [4.69, 9.17) is 5.26 Å². The molecule has 1 amide bonds. The van der Waals surface area contributed by atoms with Gasteiger partial charge in [0, 0.05) is 37.0 Å². The summed E-state index contributed by atoms with van der Waals surface area (Å²) in [5.41, 5.74) is 3.19. The first-order valence-electron chi connectivity index (χ1n) is 8.19. The Balaban J connectivity index is 1.61. The smallest absolute Gasteiger partial charge is 0.254 e. The van der Waals surface area contributed by atoms with Crippen molar-refractivity contribution in [2.75, 3.05) is 6.54 Å². The molecule has 1 aliphatic carbocycles. The van der Waals surface area contributed by atoms with Crippen molar-refractivity contribution in [3.8, 4) is 6.07 Å². The summed E-state index contributed by atoms with van der Waals surface area (Å²) in [6, 6.07) is 10.9. The number of aromatic nitrogens is 1. The number of benzene rings is 1. The molecule has 1 saturated carbocycles. The summed E-state index contributed by atoms with van der Waals surface area (Å²) in [5.74, 6) is -0.0677. The van der Waals surface area contributed by atoms with Crippen LogP contribution in [-0.4, -0.2) is 21.9 Å². The van der Waals surface area contributed by atoms with Crippen LogP contribution in [0.2, 0.25) is 0 Å². The number of carbonyl (C=O) groups excluding carboxylic acids is 1. The molecule has 2 aromatic rings. The van der Waals surface area contributed by atoms with Crippen LogP contribution in [0.3, 0.4) is 0 Å². The first kappa shape index (κ1) is 14.7. The van der Waals surface area contributed by atoms with Crippen LogP contribution in [0.1, 0.15) is 45.9 Å². The van der Waals surface area contributed by atoms with E-state index in [1.165, 1.54) is 0 Å². The molecule has 2 aliphatic rings. The molecule has 0 unspecified atom stereocenters. The molecule has 5 heteroatoms. The summed E-state index contributed by atoms with van der Waals surface area (Å²) in [7, 11) is 0. The highest BCUT2D eigenvalue weighted by Crippen LogP contribution is 2.34. The highest BCUT2D eigenvalue weighted by atomic mass is 16.2. The molecule has 1 aromatic carbocycles. The fourth-order valence-electron chi connectivity index (χ4n) is 3.26. The zero-order valence-corrected chi connectivity index (χ0v) is 13.2. The van der Waals surface area contributed by atoms with Crippen LogP contribution >= 0.6 is 0 Å². The van der Waals surface area contributed by atoms with E-state index in [1.54, 1.807) is 35.2 Å². The van der Waals surface area contributed by atoms with Crippen LogP contribution in [-0.2, 0) is 13.0 Å². The van der Waals surface area contributed by atoms with Crippen LogP contribution in [0.5, 0.6) is 0 Å². The Hall–Kier alpha value is -2.87. The van der Waals surface area contributed by atoms with Crippen molar-refractivity contribution in [3.05, 3.63) is 69.1 Å². The van der Waals surface area contributed by atoms with Crippen LogP contribution in [0.4, 0.5) is 0 Å². The minimum absolute atomic E-state index is 0.0674. The van der Waals surface area contributed by atoms with E-state index in [9.17, 15) is 9.59 Å². The predicted octanol–water partition coefficient (Wildman–Crippen LogP) is 2.25.